The summed E-state index contributed by atoms with van der Waals surface area (Å²) in [6.45, 7) is 0. The predicted molar refractivity (Wildman–Crippen MR) is 31.3 cm³/mol. The van der Waals surface area contributed by atoms with Crippen molar-refractivity contribution in [1.29, 1.82) is 0 Å². The summed E-state index contributed by atoms with van der Waals surface area (Å²) in [4.78, 5) is 0. The summed E-state index contributed by atoms with van der Waals surface area (Å²) >= 11 is 0. The van der Waals surface area contributed by atoms with Gasteiger partial charge in [-0.3, -0.25) is 19.3 Å². The summed E-state index contributed by atoms with van der Waals surface area (Å²) in [5, 5.41) is 50.5. The molecule has 0 aromatic carbocycles. The predicted octanol–water partition coefficient (Wildman–Crippen LogP) is -8.89. The van der Waals surface area contributed by atoms with E-state index in [0.29, 0.717) is 0 Å². The summed E-state index contributed by atoms with van der Waals surface area (Å²) in [7, 11) is -5.83. The minimum absolute atomic E-state index is 0. The van der Waals surface area contributed by atoms with E-state index in [2.05, 4.69) is 0 Å². The van der Waals surface area contributed by atoms with Gasteiger partial charge in [-0.2, -0.15) is 0 Å². The van der Waals surface area contributed by atoms with Crippen LogP contribution < -0.4 is 30.1 Å². The number of hydrogen-bond donors (Lipinski definition) is 0. The van der Waals surface area contributed by atoms with E-state index in [1.54, 1.807) is 0 Å². The van der Waals surface area contributed by atoms with Gasteiger partial charge in [0.15, 0.2) is 0 Å². The normalized spacial score (nSPS) is 4.50. The van der Waals surface area contributed by atoms with Gasteiger partial charge in [-0.15, -0.1) is 0 Å². The fraction of sp³-hybridized carbons (Fsp3) is 0. The van der Waals surface area contributed by atoms with Crippen LogP contribution in [0, 0.1) is 0 Å². The van der Waals surface area contributed by atoms with Gasteiger partial charge in [0, 0.05) is 0 Å². The van der Waals surface area contributed by atoms with Crippen LogP contribution in [0.5, 0.6) is 0 Å². The molecule has 0 aliphatic heterocycles. The van der Waals surface area contributed by atoms with Crippen molar-refractivity contribution < 1.29 is 34.8 Å². The fourth-order valence-electron chi connectivity index (χ4n) is 0. The molecule has 0 aliphatic rings. The van der Waals surface area contributed by atoms with Crippen molar-refractivity contribution >= 4 is 151 Å². The van der Waals surface area contributed by atoms with Gasteiger partial charge in [-0.1, -0.05) is 0 Å². The van der Waals surface area contributed by atoms with Crippen molar-refractivity contribution in [3.05, 3.63) is 0 Å². The maximum absolute atomic E-state index is 8.42. The van der Waals surface area contributed by atoms with E-state index in [9.17, 15) is 0 Å². The van der Waals surface area contributed by atoms with Crippen LogP contribution in [0.15, 0.2) is 0 Å². The van der Waals surface area contributed by atoms with Crippen LogP contribution >= 0.6 is 0 Å². The van der Waals surface area contributed by atoms with E-state index in [-0.39, 0.29) is 141 Å². The average Bonchev–Trinajstić information content (AvgIpc) is 1.25. The Morgan fingerprint density at radius 2 is 0.500 bits per heavy atom. The van der Waals surface area contributed by atoms with Crippen molar-refractivity contribution in [2.24, 2.45) is 0 Å². The van der Waals surface area contributed by atoms with Gasteiger partial charge >= 0.3 is 136 Å². The first-order valence-corrected chi connectivity index (χ1v) is 1.41. The number of hydrogen-bond acceptors (Lipinski definition) is 6. The van der Waals surface area contributed by atoms with Crippen molar-refractivity contribution in [2.45, 2.75) is 0 Å². The van der Waals surface area contributed by atoms with E-state index < -0.39 is 14.6 Å². The van der Waals surface area contributed by atoms with Gasteiger partial charge < -0.3 is 30.1 Å². The molecule has 0 aromatic heterocycles. The smallest absolute Gasteiger partial charge is 0.907 e. The van der Waals surface area contributed by atoms with Gasteiger partial charge in [0.2, 0.25) is 0 Å². The standard InChI is InChI=1S/2BO3.FH.3Sr/c2*2-1(3)4;;;;/h;;1H;;;/q2*-3;;3*+2. The molecule has 0 amide bonds. The minimum Gasteiger partial charge on any atom is -0.907 e. The molecule has 0 N–H and O–H groups in total. The monoisotopic (exact) mass is 402 g/mol. The van der Waals surface area contributed by atoms with Crippen molar-refractivity contribution in [1.82, 2.24) is 0 Å². The molecule has 0 fully saturated rings. The molecule has 0 unspecified atom stereocenters. The zero-order valence-electron chi connectivity index (χ0n) is 6.13. The van der Waals surface area contributed by atoms with Crippen molar-refractivity contribution in [3.63, 3.8) is 0 Å². The summed E-state index contributed by atoms with van der Waals surface area (Å²) < 4.78 is 0. The molecule has 6 nitrogen and oxygen atoms in total. The van der Waals surface area contributed by atoms with E-state index in [0.717, 1.165) is 0 Å². The van der Waals surface area contributed by atoms with Crippen LogP contribution in [0.1, 0.15) is 0 Å². The Morgan fingerprint density at radius 3 is 0.500 bits per heavy atom. The molecule has 0 saturated carbocycles. The molecule has 0 rings (SSSR count). The van der Waals surface area contributed by atoms with Gasteiger partial charge in [-0.25, -0.2) is 0 Å². The molecular formula is HB2FO6Sr3. The van der Waals surface area contributed by atoms with Crippen LogP contribution in [0.3, 0.4) is 0 Å². The maximum Gasteiger partial charge on any atom is 2.00 e. The van der Waals surface area contributed by atoms with Gasteiger partial charge in [0.25, 0.3) is 0 Å². The molecule has 0 bridgehead atoms. The summed E-state index contributed by atoms with van der Waals surface area (Å²) in [5.74, 6) is 0. The summed E-state index contributed by atoms with van der Waals surface area (Å²) in [5.41, 5.74) is 0. The van der Waals surface area contributed by atoms with E-state index >= 15 is 0 Å². The molecule has 0 radical (unpaired) electrons. The van der Waals surface area contributed by atoms with Gasteiger partial charge in [-0.05, 0) is 0 Å². The van der Waals surface area contributed by atoms with Gasteiger partial charge in [0.1, 0.15) is 0 Å². The summed E-state index contributed by atoms with van der Waals surface area (Å²) in [6.07, 6.45) is 0. The molecule has 0 spiro atoms. The second kappa shape index (κ2) is 29.5. The van der Waals surface area contributed by atoms with E-state index in [1.807, 2.05) is 0 Å². The molecule has 0 atom stereocenters. The zero-order valence-corrected chi connectivity index (χ0v) is 16.6. The van der Waals surface area contributed by atoms with Crippen LogP contribution in [0.25, 0.3) is 0 Å². The van der Waals surface area contributed by atoms with Crippen molar-refractivity contribution in [3.8, 4) is 0 Å². The average molecular weight is 400 g/mol. The third kappa shape index (κ3) is 138. The van der Waals surface area contributed by atoms with Crippen molar-refractivity contribution in [2.75, 3.05) is 0 Å². The molecule has 0 aliphatic carbocycles. The SMILES string of the molecule is F.[O-]B([O-])[O-].[O-]B([O-])[O-].[Sr+2].[Sr+2].[Sr+2]. The molecule has 0 saturated heterocycles. The molecule has 0 aromatic rings. The van der Waals surface area contributed by atoms with Crippen LogP contribution in [0.2, 0.25) is 0 Å². The Bertz CT molecular complexity index is 36.3. The quantitative estimate of drug-likeness (QED) is 0.370. The third-order valence-corrected chi connectivity index (χ3v) is 0. The Balaban J connectivity index is -0.0000000112. The van der Waals surface area contributed by atoms with Gasteiger partial charge in [0.05, 0.1) is 0 Å². The summed E-state index contributed by atoms with van der Waals surface area (Å²) in [6, 6.07) is 0. The first-order valence-electron chi connectivity index (χ1n) is 1.41. The first kappa shape index (κ1) is 36.0. The fourth-order valence-corrected chi connectivity index (χ4v) is 0. The molecular weight excluding hydrogens is 399 g/mol. The first-order chi connectivity index (χ1) is 3.46. The maximum atomic E-state index is 8.42. The van der Waals surface area contributed by atoms with Crippen LogP contribution in [-0.2, 0) is 0 Å². The number of rotatable bonds is 0. The van der Waals surface area contributed by atoms with E-state index in [4.69, 9.17) is 30.1 Å². The number of halogens is 1. The topological polar surface area (TPSA) is 138 Å². The third-order valence-electron chi connectivity index (χ3n) is 0. The van der Waals surface area contributed by atoms with Crippen LogP contribution in [0.4, 0.5) is 4.70 Å². The second-order valence-corrected chi connectivity index (χ2v) is 0.577. The molecule has 12 heteroatoms. The minimum atomic E-state index is -2.92. The molecule has 56 valence electrons. The Kier molecular flexibility index (Phi) is 88.4. The Hall–Kier alpha value is 4.26. The Labute approximate surface area is 181 Å². The second-order valence-electron chi connectivity index (χ2n) is 0.577. The molecule has 0 heterocycles. The van der Waals surface area contributed by atoms with E-state index in [1.165, 1.54) is 0 Å². The van der Waals surface area contributed by atoms with Crippen LogP contribution in [-0.4, -0.2) is 151 Å². The Morgan fingerprint density at radius 1 is 0.500 bits per heavy atom. The largest absolute Gasteiger partial charge is 2.00 e. The molecule has 12 heavy (non-hydrogen) atoms. The zero-order chi connectivity index (χ0) is 7.15.